The molecule has 0 saturated heterocycles. The van der Waals surface area contributed by atoms with E-state index in [1.54, 1.807) is 6.07 Å². The van der Waals surface area contributed by atoms with Crippen LogP contribution in [0.3, 0.4) is 0 Å². The molecule has 0 saturated carbocycles. The van der Waals surface area contributed by atoms with Crippen LogP contribution in [0.1, 0.15) is 5.69 Å². The molecule has 1 heterocycles. The standard InChI is InChI=1S/C11H10BrNO3S/c1-6-3-4-7-8(12)5-9(17(14)15)11(16-2)10(7)13-6/h3-5H,1-2H3,(H,14,15). The molecule has 1 unspecified atom stereocenters. The first kappa shape index (κ1) is 12.5. The van der Waals surface area contributed by atoms with E-state index in [0.29, 0.717) is 11.3 Å². The molecule has 2 aromatic rings. The van der Waals surface area contributed by atoms with E-state index in [2.05, 4.69) is 20.9 Å². The Labute approximate surface area is 109 Å². The fourth-order valence-corrected chi connectivity index (χ4v) is 2.88. The first-order chi connectivity index (χ1) is 8.04. The average molecular weight is 316 g/mol. The highest BCUT2D eigenvalue weighted by Crippen LogP contribution is 2.35. The lowest BCUT2D eigenvalue weighted by Gasteiger charge is -2.10. The summed E-state index contributed by atoms with van der Waals surface area (Å²) in [7, 11) is 1.46. The molecule has 0 bridgehead atoms. The fraction of sp³-hybridized carbons (Fsp3) is 0.182. The molecule has 0 aliphatic heterocycles. The molecule has 6 heteroatoms. The Balaban J connectivity index is 2.92. The van der Waals surface area contributed by atoms with E-state index in [1.807, 2.05) is 19.1 Å². The Kier molecular flexibility index (Phi) is 3.46. The van der Waals surface area contributed by atoms with Crippen LogP contribution in [0, 0.1) is 6.92 Å². The highest BCUT2D eigenvalue weighted by atomic mass is 79.9. The van der Waals surface area contributed by atoms with Gasteiger partial charge in [0.1, 0.15) is 10.4 Å². The number of aryl methyl sites for hydroxylation is 1. The van der Waals surface area contributed by atoms with Gasteiger partial charge in [-0.15, -0.1) is 0 Å². The average Bonchev–Trinajstić information content (AvgIpc) is 2.28. The predicted molar refractivity (Wildman–Crippen MR) is 69.8 cm³/mol. The summed E-state index contributed by atoms with van der Waals surface area (Å²) < 4.78 is 26.4. The minimum atomic E-state index is -2.11. The highest BCUT2D eigenvalue weighted by Gasteiger charge is 2.16. The van der Waals surface area contributed by atoms with Gasteiger partial charge in [-0.2, -0.15) is 0 Å². The lowest BCUT2D eigenvalue weighted by atomic mass is 10.2. The smallest absolute Gasteiger partial charge is 0.190 e. The molecule has 17 heavy (non-hydrogen) atoms. The number of halogens is 1. The number of pyridine rings is 1. The molecular weight excluding hydrogens is 306 g/mol. The molecule has 0 aliphatic carbocycles. The summed E-state index contributed by atoms with van der Waals surface area (Å²) in [6.45, 7) is 1.86. The number of benzene rings is 1. The maximum absolute atomic E-state index is 11.2. The van der Waals surface area contributed by atoms with Crippen molar-refractivity contribution in [3.8, 4) is 5.75 Å². The van der Waals surface area contributed by atoms with Crippen molar-refractivity contribution in [2.75, 3.05) is 7.11 Å². The summed E-state index contributed by atoms with van der Waals surface area (Å²) in [5.41, 5.74) is 1.41. The normalized spacial score (nSPS) is 12.7. The van der Waals surface area contributed by atoms with Crippen molar-refractivity contribution in [3.63, 3.8) is 0 Å². The summed E-state index contributed by atoms with van der Waals surface area (Å²) >= 11 is 1.25. The first-order valence-corrected chi connectivity index (χ1v) is 6.69. The summed E-state index contributed by atoms with van der Waals surface area (Å²) in [4.78, 5) is 4.56. The summed E-state index contributed by atoms with van der Waals surface area (Å²) in [5, 5.41) is 0.849. The number of fused-ring (bicyclic) bond motifs is 1. The zero-order valence-electron chi connectivity index (χ0n) is 9.23. The van der Waals surface area contributed by atoms with E-state index in [0.717, 1.165) is 15.6 Å². The van der Waals surface area contributed by atoms with Gasteiger partial charge >= 0.3 is 0 Å². The molecule has 4 nitrogen and oxygen atoms in total. The highest BCUT2D eigenvalue weighted by molar-refractivity contribution is 9.10. The van der Waals surface area contributed by atoms with Crippen molar-refractivity contribution in [1.29, 1.82) is 0 Å². The van der Waals surface area contributed by atoms with Gasteiger partial charge in [-0.1, -0.05) is 15.9 Å². The van der Waals surface area contributed by atoms with Gasteiger partial charge in [-0.25, -0.2) is 9.19 Å². The number of nitrogens with zero attached hydrogens (tertiary/aromatic N) is 1. The predicted octanol–water partition coefficient (Wildman–Crippen LogP) is 2.89. The van der Waals surface area contributed by atoms with E-state index < -0.39 is 11.1 Å². The van der Waals surface area contributed by atoms with Crippen molar-refractivity contribution in [2.24, 2.45) is 0 Å². The van der Waals surface area contributed by atoms with Gasteiger partial charge < -0.3 is 9.29 Å². The Morgan fingerprint density at radius 1 is 1.47 bits per heavy atom. The van der Waals surface area contributed by atoms with E-state index in [1.165, 1.54) is 7.11 Å². The zero-order valence-corrected chi connectivity index (χ0v) is 11.6. The van der Waals surface area contributed by atoms with Crippen molar-refractivity contribution in [2.45, 2.75) is 11.8 Å². The van der Waals surface area contributed by atoms with Gasteiger partial charge in [0, 0.05) is 15.6 Å². The SMILES string of the molecule is COc1c(S(=O)O)cc(Br)c2ccc(C)nc12. The molecule has 2 rings (SSSR count). The molecular formula is C11H10BrNO3S. The minimum Gasteiger partial charge on any atom is -0.493 e. The molecule has 0 aliphatic rings. The first-order valence-electron chi connectivity index (χ1n) is 4.79. The van der Waals surface area contributed by atoms with Crippen LogP contribution in [-0.2, 0) is 11.1 Å². The van der Waals surface area contributed by atoms with Crippen LogP contribution in [-0.4, -0.2) is 20.9 Å². The van der Waals surface area contributed by atoms with Crippen LogP contribution in [0.25, 0.3) is 10.9 Å². The van der Waals surface area contributed by atoms with Crippen LogP contribution >= 0.6 is 15.9 Å². The molecule has 90 valence electrons. The maximum atomic E-state index is 11.2. The second-order valence-electron chi connectivity index (χ2n) is 3.49. The summed E-state index contributed by atoms with van der Waals surface area (Å²) in [5.74, 6) is 0.340. The molecule has 1 aromatic carbocycles. The van der Waals surface area contributed by atoms with E-state index in [-0.39, 0.29) is 4.90 Å². The van der Waals surface area contributed by atoms with E-state index in [9.17, 15) is 8.76 Å². The topological polar surface area (TPSA) is 59.4 Å². The lowest BCUT2D eigenvalue weighted by molar-refractivity contribution is 0.406. The molecule has 0 fully saturated rings. The Morgan fingerprint density at radius 2 is 2.18 bits per heavy atom. The number of hydrogen-bond donors (Lipinski definition) is 1. The number of ether oxygens (including phenoxy) is 1. The third kappa shape index (κ3) is 2.20. The molecule has 1 aromatic heterocycles. The summed E-state index contributed by atoms with van der Waals surface area (Å²) in [6.07, 6.45) is 0. The van der Waals surface area contributed by atoms with Gasteiger partial charge in [0.15, 0.2) is 16.8 Å². The van der Waals surface area contributed by atoms with Crippen LogP contribution in [0.5, 0.6) is 5.75 Å². The van der Waals surface area contributed by atoms with Gasteiger partial charge in [-0.3, -0.25) is 0 Å². The van der Waals surface area contributed by atoms with Crippen LogP contribution in [0.2, 0.25) is 0 Å². The van der Waals surface area contributed by atoms with Crippen LogP contribution in [0.15, 0.2) is 27.6 Å². The molecule has 1 atom stereocenters. The minimum absolute atomic E-state index is 0.213. The third-order valence-electron chi connectivity index (χ3n) is 2.38. The molecule has 0 radical (unpaired) electrons. The van der Waals surface area contributed by atoms with Gasteiger partial charge in [0.25, 0.3) is 0 Å². The Morgan fingerprint density at radius 3 is 2.76 bits per heavy atom. The lowest BCUT2D eigenvalue weighted by Crippen LogP contribution is -1.98. The molecule has 1 N–H and O–H groups in total. The van der Waals surface area contributed by atoms with Gasteiger partial charge in [0.2, 0.25) is 0 Å². The van der Waals surface area contributed by atoms with Crippen molar-refractivity contribution >= 4 is 37.9 Å². The Hall–Kier alpha value is -0.980. The van der Waals surface area contributed by atoms with Crippen molar-refractivity contribution in [1.82, 2.24) is 4.98 Å². The van der Waals surface area contributed by atoms with Crippen LogP contribution < -0.4 is 4.74 Å². The Bertz CT molecular complexity index is 615. The monoisotopic (exact) mass is 315 g/mol. The summed E-state index contributed by atoms with van der Waals surface area (Å²) in [6, 6.07) is 5.35. The number of methoxy groups -OCH3 is 1. The van der Waals surface area contributed by atoms with Gasteiger partial charge in [0.05, 0.1) is 7.11 Å². The maximum Gasteiger partial charge on any atom is 0.190 e. The number of rotatable bonds is 2. The van der Waals surface area contributed by atoms with E-state index in [4.69, 9.17) is 4.74 Å². The fourth-order valence-electron chi connectivity index (χ4n) is 1.62. The van der Waals surface area contributed by atoms with Gasteiger partial charge in [-0.05, 0) is 25.1 Å². The van der Waals surface area contributed by atoms with Crippen molar-refractivity contribution < 1.29 is 13.5 Å². The van der Waals surface area contributed by atoms with E-state index >= 15 is 0 Å². The third-order valence-corrected chi connectivity index (χ3v) is 3.72. The van der Waals surface area contributed by atoms with Crippen LogP contribution in [0.4, 0.5) is 0 Å². The number of hydrogen-bond acceptors (Lipinski definition) is 3. The molecule has 0 spiro atoms. The second-order valence-corrected chi connectivity index (χ2v) is 5.28. The van der Waals surface area contributed by atoms with Crippen molar-refractivity contribution in [3.05, 3.63) is 28.4 Å². The zero-order chi connectivity index (χ0) is 12.6. The quantitative estimate of drug-likeness (QED) is 0.866. The number of aromatic nitrogens is 1. The second kappa shape index (κ2) is 4.72. The largest absolute Gasteiger partial charge is 0.493 e. The molecule has 0 amide bonds.